The van der Waals surface area contributed by atoms with Gasteiger partial charge in [0, 0.05) is 41.4 Å². The van der Waals surface area contributed by atoms with Crippen molar-refractivity contribution >= 4 is 63.5 Å². The third-order valence-corrected chi connectivity index (χ3v) is 10.2. The molecule has 2 aliphatic carbocycles. The summed E-state index contributed by atoms with van der Waals surface area (Å²) in [5.74, 6) is 3.37. The fourth-order valence-corrected chi connectivity index (χ4v) is 7.55. The number of hydrogen-bond donors (Lipinski definition) is 4. The average molecular weight is 617 g/mol. The molecule has 0 atom stereocenters. The normalized spacial score (nSPS) is 22.7. The molecule has 2 saturated carbocycles. The van der Waals surface area contributed by atoms with E-state index in [4.69, 9.17) is 0 Å². The monoisotopic (exact) mass is 616 g/mol. The van der Waals surface area contributed by atoms with Gasteiger partial charge in [0.15, 0.2) is 5.12 Å². The zero-order valence-electron chi connectivity index (χ0n) is 23.9. The SMILES string of the molecule is O=C(S)CCC1CCC(c2nnn3cnc4[nH]ccc4c23)CC1.SCC1CCC(c2nnn3cnc4[nH]ccc4c23)CC1. The van der Waals surface area contributed by atoms with Crippen LogP contribution in [-0.4, -0.2) is 60.5 Å². The first-order valence-electron chi connectivity index (χ1n) is 15.3. The van der Waals surface area contributed by atoms with E-state index in [1.807, 2.05) is 18.5 Å². The number of fused-ring (bicyclic) bond motifs is 6. The number of hydrogen-bond acceptors (Lipinski definition) is 8. The number of rotatable bonds is 6. The molecule has 11 nitrogen and oxygen atoms in total. The van der Waals surface area contributed by atoms with Gasteiger partial charge in [0.05, 0.1) is 11.4 Å². The standard InChI is InChI=1S/C16H19N5OS.C14H17N5S/c22-13(23)6-3-10-1-4-11(5-2-10)14-15-12-7-8-17-16(12)18-9-21(15)20-19-14;20-7-9-1-3-10(4-2-9)12-13-11-5-6-15-14(11)16-8-19(13)18-17-12/h7-11,17H,1-6H2,(H,22,23);5-6,8-10,15,20H,1-4,7H2. The molecule has 13 heteroatoms. The first-order chi connectivity index (χ1) is 21.1. The van der Waals surface area contributed by atoms with Gasteiger partial charge in [-0.2, -0.15) is 12.6 Å². The van der Waals surface area contributed by atoms with Crippen LogP contribution in [0.1, 0.15) is 87.4 Å². The van der Waals surface area contributed by atoms with Crippen molar-refractivity contribution in [2.24, 2.45) is 11.8 Å². The molecule has 6 aromatic heterocycles. The van der Waals surface area contributed by atoms with Gasteiger partial charge >= 0.3 is 0 Å². The van der Waals surface area contributed by atoms with Gasteiger partial charge in [-0.15, -0.1) is 22.8 Å². The molecular weight excluding hydrogens is 581 g/mol. The van der Waals surface area contributed by atoms with E-state index < -0.39 is 0 Å². The molecule has 224 valence electrons. The molecule has 0 aliphatic heterocycles. The summed E-state index contributed by atoms with van der Waals surface area (Å²) in [4.78, 5) is 26.0. The van der Waals surface area contributed by atoms with Crippen LogP contribution >= 0.6 is 25.3 Å². The van der Waals surface area contributed by atoms with Crippen LogP contribution < -0.4 is 0 Å². The summed E-state index contributed by atoms with van der Waals surface area (Å²) in [6, 6.07) is 4.10. The summed E-state index contributed by atoms with van der Waals surface area (Å²) in [6.45, 7) is 0. The Bertz CT molecular complexity index is 1860. The molecule has 2 N–H and O–H groups in total. The summed E-state index contributed by atoms with van der Waals surface area (Å²) in [7, 11) is 0. The maximum Gasteiger partial charge on any atom is 0.185 e. The van der Waals surface area contributed by atoms with E-state index in [2.05, 4.69) is 71.9 Å². The minimum absolute atomic E-state index is 0.00114. The fraction of sp³-hybridized carbons (Fsp3) is 0.500. The topological polar surface area (TPSA) is 135 Å². The fourth-order valence-electron chi connectivity index (χ4n) is 7.06. The maximum atomic E-state index is 11.0. The van der Waals surface area contributed by atoms with Crippen LogP contribution in [-0.2, 0) is 4.79 Å². The van der Waals surface area contributed by atoms with Crippen LogP contribution in [0.2, 0.25) is 0 Å². The molecule has 0 saturated heterocycles. The second kappa shape index (κ2) is 12.3. The largest absolute Gasteiger partial charge is 0.346 e. The molecule has 0 radical (unpaired) electrons. The lowest BCUT2D eigenvalue weighted by Gasteiger charge is -2.27. The second-order valence-electron chi connectivity index (χ2n) is 12.1. The summed E-state index contributed by atoms with van der Waals surface area (Å²) in [5.41, 5.74) is 6.19. The number of H-pyrrole nitrogens is 2. The van der Waals surface area contributed by atoms with Crippen LogP contribution in [0.4, 0.5) is 0 Å². The Morgan fingerprint density at radius 2 is 1.26 bits per heavy atom. The second-order valence-corrected chi connectivity index (χ2v) is 12.9. The quantitative estimate of drug-likeness (QED) is 0.171. The third kappa shape index (κ3) is 5.64. The van der Waals surface area contributed by atoms with Crippen LogP contribution in [0.25, 0.3) is 33.1 Å². The molecule has 6 heterocycles. The van der Waals surface area contributed by atoms with E-state index in [1.54, 1.807) is 21.7 Å². The minimum atomic E-state index is -0.00114. The first kappa shape index (κ1) is 28.3. The Hall–Kier alpha value is -3.45. The Labute approximate surface area is 259 Å². The number of nitrogens with one attached hydrogen (secondary N) is 2. The number of carbonyl (C=O) groups excluding carboxylic acids is 1. The average Bonchev–Trinajstić information content (AvgIpc) is 3.85. The van der Waals surface area contributed by atoms with E-state index in [9.17, 15) is 4.79 Å². The smallest absolute Gasteiger partial charge is 0.185 e. The highest BCUT2D eigenvalue weighted by Crippen LogP contribution is 2.40. The molecule has 43 heavy (non-hydrogen) atoms. The molecule has 0 bridgehead atoms. The van der Waals surface area contributed by atoms with E-state index in [0.717, 1.165) is 88.3 Å². The Kier molecular flexibility index (Phi) is 8.09. The van der Waals surface area contributed by atoms with Crippen molar-refractivity contribution < 1.29 is 4.79 Å². The lowest BCUT2D eigenvalue weighted by Crippen LogP contribution is -2.15. The third-order valence-electron chi connectivity index (χ3n) is 9.49. The zero-order valence-corrected chi connectivity index (χ0v) is 25.7. The van der Waals surface area contributed by atoms with Gasteiger partial charge in [-0.3, -0.25) is 4.79 Å². The summed E-state index contributed by atoms with van der Waals surface area (Å²) < 4.78 is 3.58. The summed E-state index contributed by atoms with van der Waals surface area (Å²) in [5, 5.41) is 19.5. The highest BCUT2D eigenvalue weighted by molar-refractivity contribution is 7.96. The molecule has 0 amide bonds. The number of aromatic amines is 2. The Morgan fingerprint density at radius 3 is 1.72 bits per heavy atom. The van der Waals surface area contributed by atoms with Crippen molar-refractivity contribution in [3.05, 3.63) is 48.6 Å². The molecule has 8 rings (SSSR count). The van der Waals surface area contributed by atoms with Gasteiger partial charge in [-0.25, -0.2) is 19.0 Å². The van der Waals surface area contributed by atoms with Crippen LogP contribution in [0, 0.1) is 11.8 Å². The lowest BCUT2D eigenvalue weighted by molar-refractivity contribution is -0.111. The van der Waals surface area contributed by atoms with E-state index in [0.29, 0.717) is 24.2 Å². The van der Waals surface area contributed by atoms with Crippen molar-refractivity contribution in [2.75, 3.05) is 5.75 Å². The van der Waals surface area contributed by atoms with Crippen molar-refractivity contribution in [1.82, 2.24) is 49.6 Å². The molecule has 2 fully saturated rings. The molecule has 0 spiro atoms. The van der Waals surface area contributed by atoms with Gasteiger partial charge in [0.25, 0.3) is 0 Å². The number of nitrogens with zero attached hydrogens (tertiary/aromatic N) is 8. The Balaban J connectivity index is 0.000000141. The zero-order chi connectivity index (χ0) is 29.3. The van der Waals surface area contributed by atoms with E-state index in [1.165, 1.54) is 25.7 Å². The predicted molar refractivity (Wildman–Crippen MR) is 172 cm³/mol. The van der Waals surface area contributed by atoms with E-state index in [-0.39, 0.29) is 5.12 Å². The maximum absolute atomic E-state index is 11.0. The molecule has 0 aromatic carbocycles. The van der Waals surface area contributed by atoms with Crippen molar-refractivity contribution in [2.45, 2.75) is 76.0 Å². The molecule has 6 aromatic rings. The first-order valence-corrected chi connectivity index (χ1v) is 16.3. The molecule has 0 unspecified atom stereocenters. The molecular formula is C30H36N10OS2. The lowest BCUT2D eigenvalue weighted by atomic mass is 9.78. The predicted octanol–water partition coefficient (Wildman–Crippen LogP) is 5.93. The van der Waals surface area contributed by atoms with Crippen molar-refractivity contribution in [3.8, 4) is 0 Å². The van der Waals surface area contributed by atoms with Crippen LogP contribution in [0.5, 0.6) is 0 Å². The Morgan fingerprint density at radius 1 is 0.767 bits per heavy atom. The van der Waals surface area contributed by atoms with Gasteiger partial charge in [0.2, 0.25) is 0 Å². The van der Waals surface area contributed by atoms with Crippen molar-refractivity contribution in [3.63, 3.8) is 0 Å². The number of thiol groups is 2. The van der Waals surface area contributed by atoms with Gasteiger partial charge < -0.3 is 9.97 Å². The highest BCUT2D eigenvalue weighted by Gasteiger charge is 2.28. The highest BCUT2D eigenvalue weighted by atomic mass is 32.1. The number of aromatic nitrogens is 10. The van der Waals surface area contributed by atoms with Crippen LogP contribution in [0.3, 0.4) is 0 Å². The van der Waals surface area contributed by atoms with Gasteiger partial charge in [-0.05, 0) is 87.5 Å². The van der Waals surface area contributed by atoms with E-state index >= 15 is 0 Å². The van der Waals surface area contributed by atoms with Crippen molar-refractivity contribution in [1.29, 1.82) is 0 Å². The number of carbonyl (C=O) groups is 1. The summed E-state index contributed by atoms with van der Waals surface area (Å²) >= 11 is 8.29. The van der Waals surface area contributed by atoms with Gasteiger partial charge in [-0.1, -0.05) is 10.4 Å². The van der Waals surface area contributed by atoms with Gasteiger partial charge in [0.1, 0.15) is 35.0 Å². The summed E-state index contributed by atoms with van der Waals surface area (Å²) in [6.07, 6.45) is 18.2. The molecule has 2 aliphatic rings. The minimum Gasteiger partial charge on any atom is -0.346 e. The van der Waals surface area contributed by atoms with Crippen LogP contribution in [0.15, 0.2) is 37.2 Å².